The van der Waals surface area contributed by atoms with Crippen LogP contribution in [0.1, 0.15) is 18.1 Å². The standard InChI is InChI=1S/C11H11F3O2/c1-3-16-10(15)11(13,14)9-6-8(12)5-4-7(9)2/h4-6H,3H2,1-2H3. The van der Waals surface area contributed by atoms with Gasteiger partial charge in [0, 0.05) is 5.56 Å². The van der Waals surface area contributed by atoms with Gasteiger partial charge in [-0.05, 0) is 31.5 Å². The highest BCUT2D eigenvalue weighted by atomic mass is 19.3. The third-order valence-corrected chi connectivity index (χ3v) is 2.07. The van der Waals surface area contributed by atoms with E-state index in [-0.39, 0.29) is 12.2 Å². The van der Waals surface area contributed by atoms with Crippen LogP contribution in [-0.2, 0) is 15.5 Å². The van der Waals surface area contributed by atoms with Crippen LogP contribution in [0.5, 0.6) is 0 Å². The number of hydrogen-bond donors (Lipinski definition) is 0. The minimum atomic E-state index is -3.82. The molecule has 0 fully saturated rings. The average Bonchev–Trinajstić information content (AvgIpc) is 2.22. The van der Waals surface area contributed by atoms with Gasteiger partial charge in [-0.25, -0.2) is 9.18 Å². The molecule has 1 rings (SSSR count). The fraction of sp³-hybridized carbons (Fsp3) is 0.364. The van der Waals surface area contributed by atoms with Crippen molar-refractivity contribution in [2.45, 2.75) is 19.8 Å². The Hall–Kier alpha value is -1.52. The lowest BCUT2D eigenvalue weighted by molar-refractivity contribution is -0.173. The van der Waals surface area contributed by atoms with Gasteiger partial charge >= 0.3 is 11.9 Å². The van der Waals surface area contributed by atoms with Crippen molar-refractivity contribution < 1.29 is 22.7 Å². The smallest absolute Gasteiger partial charge is 0.381 e. The number of aryl methyl sites for hydroxylation is 1. The Morgan fingerprint density at radius 3 is 2.62 bits per heavy atom. The minimum Gasteiger partial charge on any atom is -0.461 e. The van der Waals surface area contributed by atoms with Gasteiger partial charge in [0.1, 0.15) is 5.82 Å². The molecule has 88 valence electrons. The van der Waals surface area contributed by atoms with Gasteiger partial charge in [-0.3, -0.25) is 0 Å². The van der Waals surface area contributed by atoms with Crippen molar-refractivity contribution in [3.8, 4) is 0 Å². The summed E-state index contributed by atoms with van der Waals surface area (Å²) in [7, 11) is 0. The summed E-state index contributed by atoms with van der Waals surface area (Å²) in [5.41, 5.74) is -0.523. The van der Waals surface area contributed by atoms with E-state index in [1.165, 1.54) is 19.9 Å². The summed E-state index contributed by atoms with van der Waals surface area (Å²) in [6, 6.07) is 2.89. The van der Waals surface area contributed by atoms with Crippen LogP contribution < -0.4 is 0 Å². The zero-order valence-electron chi connectivity index (χ0n) is 8.89. The van der Waals surface area contributed by atoms with Crippen molar-refractivity contribution in [1.29, 1.82) is 0 Å². The maximum atomic E-state index is 13.5. The van der Waals surface area contributed by atoms with E-state index in [1.807, 2.05) is 0 Å². The Kier molecular flexibility index (Phi) is 3.57. The monoisotopic (exact) mass is 232 g/mol. The normalized spacial score (nSPS) is 11.3. The molecule has 0 aliphatic carbocycles. The molecule has 0 aliphatic rings. The van der Waals surface area contributed by atoms with Gasteiger partial charge < -0.3 is 4.74 Å². The van der Waals surface area contributed by atoms with Crippen LogP contribution in [0.2, 0.25) is 0 Å². The van der Waals surface area contributed by atoms with E-state index in [4.69, 9.17) is 0 Å². The first-order valence-corrected chi connectivity index (χ1v) is 4.71. The van der Waals surface area contributed by atoms with Crippen molar-refractivity contribution >= 4 is 5.97 Å². The SMILES string of the molecule is CCOC(=O)C(F)(F)c1cc(F)ccc1C. The maximum Gasteiger partial charge on any atom is 0.381 e. The molecule has 0 bridgehead atoms. The second-order valence-electron chi connectivity index (χ2n) is 3.25. The van der Waals surface area contributed by atoms with E-state index in [9.17, 15) is 18.0 Å². The predicted molar refractivity (Wildman–Crippen MR) is 51.7 cm³/mol. The largest absolute Gasteiger partial charge is 0.461 e. The molecule has 0 heterocycles. The van der Waals surface area contributed by atoms with Crippen molar-refractivity contribution in [3.63, 3.8) is 0 Å². The minimum absolute atomic E-state index is 0.138. The number of ether oxygens (including phenoxy) is 1. The summed E-state index contributed by atoms with van der Waals surface area (Å²) in [5.74, 6) is -6.30. The van der Waals surface area contributed by atoms with Crippen molar-refractivity contribution in [2.75, 3.05) is 6.61 Å². The Labute approximate surface area is 91.0 Å². The topological polar surface area (TPSA) is 26.3 Å². The number of carbonyl (C=O) groups excluding carboxylic acids is 1. The first-order chi connectivity index (χ1) is 7.39. The highest BCUT2D eigenvalue weighted by molar-refractivity contribution is 5.79. The molecule has 1 aromatic rings. The van der Waals surface area contributed by atoms with E-state index < -0.39 is 23.3 Å². The van der Waals surface area contributed by atoms with Gasteiger partial charge in [0.05, 0.1) is 6.61 Å². The van der Waals surface area contributed by atoms with Crippen LogP contribution in [0.15, 0.2) is 18.2 Å². The summed E-state index contributed by atoms with van der Waals surface area (Å²) in [4.78, 5) is 11.0. The van der Waals surface area contributed by atoms with Gasteiger partial charge in [-0.2, -0.15) is 8.78 Å². The molecular weight excluding hydrogens is 221 g/mol. The summed E-state index contributed by atoms with van der Waals surface area (Å²) < 4.78 is 44.2. The molecule has 0 saturated carbocycles. The number of rotatable bonds is 3. The molecule has 0 atom stereocenters. The molecule has 16 heavy (non-hydrogen) atoms. The molecule has 1 aromatic carbocycles. The molecule has 0 N–H and O–H groups in total. The number of benzene rings is 1. The summed E-state index contributed by atoms with van der Waals surface area (Å²) >= 11 is 0. The molecule has 0 aliphatic heterocycles. The molecule has 0 spiro atoms. The Balaban J connectivity index is 3.15. The summed E-state index contributed by atoms with van der Waals surface area (Å²) in [6.45, 7) is 2.65. The van der Waals surface area contributed by atoms with Crippen LogP contribution in [0, 0.1) is 12.7 Å². The van der Waals surface area contributed by atoms with Crippen molar-refractivity contribution in [1.82, 2.24) is 0 Å². The lowest BCUT2D eigenvalue weighted by Gasteiger charge is -2.16. The Morgan fingerprint density at radius 1 is 1.44 bits per heavy atom. The quantitative estimate of drug-likeness (QED) is 0.749. The first-order valence-electron chi connectivity index (χ1n) is 4.71. The van der Waals surface area contributed by atoms with Crippen LogP contribution in [0.4, 0.5) is 13.2 Å². The van der Waals surface area contributed by atoms with Crippen molar-refractivity contribution in [2.24, 2.45) is 0 Å². The lowest BCUT2D eigenvalue weighted by Crippen LogP contribution is -2.29. The van der Waals surface area contributed by atoms with Crippen LogP contribution in [0.25, 0.3) is 0 Å². The third-order valence-electron chi connectivity index (χ3n) is 2.07. The van der Waals surface area contributed by atoms with Crippen LogP contribution in [0.3, 0.4) is 0 Å². The summed E-state index contributed by atoms with van der Waals surface area (Å²) in [5, 5.41) is 0. The molecule has 0 amide bonds. The van der Waals surface area contributed by atoms with Gasteiger partial charge in [-0.15, -0.1) is 0 Å². The number of carbonyl (C=O) groups is 1. The molecule has 0 aromatic heterocycles. The second-order valence-corrected chi connectivity index (χ2v) is 3.25. The molecule has 0 saturated heterocycles. The number of hydrogen-bond acceptors (Lipinski definition) is 2. The maximum absolute atomic E-state index is 13.5. The van der Waals surface area contributed by atoms with Gasteiger partial charge in [0.25, 0.3) is 0 Å². The zero-order chi connectivity index (χ0) is 12.3. The van der Waals surface area contributed by atoms with E-state index in [2.05, 4.69) is 4.74 Å². The van der Waals surface area contributed by atoms with Gasteiger partial charge in [0.2, 0.25) is 0 Å². The molecule has 0 radical (unpaired) electrons. The van der Waals surface area contributed by atoms with Gasteiger partial charge in [-0.1, -0.05) is 6.07 Å². The van der Waals surface area contributed by atoms with E-state index >= 15 is 0 Å². The van der Waals surface area contributed by atoms with E-state index in [0.717, 1.165) is 6.07 Å². The Morgan fingerprint density at radius 2 is 2.06 bits per heavy atom. The van der Waals surface area contributed by atoms with Crippen molar-refractivity contribution in [3.05, 3.63) is 35.1 Å². The molecule has 0 unspecified atom stereocenters. The van der Waals surface area contributed by atoms with Gasteiger partial charge in [0.15, 0.2) is 0 Å². The molecular formula is C11H11F3O2. The number of alkyl halides is 2. The lowest BCUT2D eigenvalue weighted by atomic mass is 10.0. The zero-order valence-corrected chi connectivity index (χ0v) is 8.89. The molecule has 2 nitrogen and oxygen atoms in total. The Bertz CT molecular complexity index is 402. The fourth-order valence-electron chi connectivity index (χ4n) is 1.26. The second kappa shape index (κ2) is 4.55. The summed E-state index contributed by atoms with van der Waals surface area (Å²) in [6.07, 6.45) is 0. The molecule has 5 heteroatoms. The van der Waals surface area contributed by atoms with Crippen LogP contribution in [-0.4, -0.2) is 12.6 Å². The average molecular weight is 232 g/mol. The third kappa shape index (κ3) is 2.35. The highest BCUT2D eigenvalue weighted by Crippen LogP contribution is 2.32. The first kappa shape index (κ1) is 12.5. The predicted octanol–water partition coefficient (Wildman–Crippen LogP) is 2.79. The van der Waals surface area contributed by atoms with Crippen LogP contribution >= 0.6 is 0 Å². The van der Waals surface area contributed by atoms with E-state index in [0.29, 0.717) is 6.07 Å². The van der Waals surface area contributed by atoms with E-state index in [1.54, 1.807) is 0 Å². The highest BCUT2D eigenvalue weighted by Gasteiger charge is 2.43. The number of halogens is 3. The number of esters is 1. The fourth-order valence-corrected chi connectivity index (χ4v) is 1.26.